The highest BCUT2D eigenvalue weighted by molar-refractivity contribution is 6.39. The van der Waals surface area contributed by atoms with Crippen LogP contribution >= 0.6 is 0 Å². The number of carbonyl (C=O) groups is 5. The lowest BCUT2D eigenvalue weighted by Crippen LogP contribution is -2.61. The zero-order valence-electron chi connectivity index (χ0n) is 42.4. The van der Waals surface area contributed by atoms with E-state index in [-0.39, 0.29) is 67.8 Å². The van der Waals surface area contributed by atoms with Gasteiger partial charge in [0.2, 0.25) is 5.79 Å². The van der Waals surface area contributed by atoms with Gasteiger partial charge in [0.15, 0.2) is 5.78 Å². The van der Waals surface area contributed by atoms with Crippen molar-refractivity contribution < 1.29 is 67.7 Å². The van der Waals surface area contributed by atoms with E-state index in [1.54, 1.807) is 41.1 Å². The van der Waals surface area contributed by atoms with Crippen molar-refractivity contribution in [2.45, 2.75) is 180 Å². The molecule has 4 aliphatic rings. The van der Waals surface area contributed by atoms with Gasteiger partial charge in [-0.05, 0) is 107 Å². The lowest BCUT2D eigenvalue weighted by atomic mass is 9.78. The standard InChI is InChI=1S/C53H83NO14/c1-32-16-12-11-13-17-33(2)44(66-25-24-63-8)30-40-21-19-38(7)53(62,68-40)50(59)51(60)54-23-15-14-18-41(54)52(61)67-45(35(4)28-39-20-22-42(55)46(29-39)64-9)31-43(56)34(3)27-37(6)48(58)49(65-10)47(57)36(5)26-32/h11-13,16-17,27,32,34-36,38-42,44-46,48-49,55,58,62H,14-15,18-26,28-31H2,1-10H3/t32-,34-,35-,36-,38-,39+,40+,41+,42-,44-,45+,46-,48-,49+,53-/m1/s1. The molecule has 2 saturated heterocycles. The van der Waals surface area contributed by atoms with Crippen molar-refractivity contribution in [1.29, 1.82) is 0 Å². The number of piperidine rings is 1. The number of esters is 1. The van der Waals surface area contributed by atoms with Crippen LogP contribution in [0.4, 0.5) is 0 Å². The molecule has 15 heteroatoms. The zero-order chi connectivity index (χ0) is 50.3. The largest absolute Gasteiger partial charge is 0.460 e. The number of ether oxygens (including phenoxy) is 6. The van der Waals surface area contributed by atoms with Gasteiger partial charge in [0, 0.05) is 58.5 Å². The van der Waals surface area contributed by atoms with Crippen molar-refractivity contribution in [1.82, 2.24) is 4.90 Å². The molecule has 0 aromatic heterocycles. The predicted molar refractivity (Wildman–Crippen MR) is 256 cm³/mol. The molecule has 3 aliphatic heterocycles. The molecule has 0 unspecified atom stereocenters. The van der Waals surface area contributed by atoms with Crippen LogP contribution in [0, 0.1) is 35.5 Å². The second-order valence-corrected chi connectivity index (χ2v) is 20.2. The molecule has 15 atom stereocenters. The van der Waals surface area contributed by atoms with E-state index in [0.29, 0.717) is 63.5 Å². The molecule has 3 N–H and O–H groups in total. The van der Waals surface area contributed by atoms with Crippen molar-refractivity contribution >= 4 is 29.2 Å². The minimum atomic E-state index is -2.46. The van der Waals surface area contributed by atoms with Crippen LogP contribution in [0.25, 0.3) is 0 Å². The zero-order valence-corrected chi connectivity index (χ0v) is 42.4. The van der Waals surface area contributed by atoms with E-state index in [1.807, 2.05) is 58.1 Å². The van der Waals surface area contributed by atoms with Crippen LogP contribution in [0.3, 0.4) is 0 Å². The Hall–Kier alpha value is -3.41. The number of ketones is 3. The Kier molecular flexibility index (Phi) is 22.9. The number of fused-ring (bicyclic) bond motifs is 3. The van der Waals surface area contributed by atoms with E-state index in [4.69, 9.17) is 28.4 Å². The van der Waals surface area contributed by atoms with E-state index >= 15 is 0 Å². The van der Waals surface area contributed by atoms with E-state index in [0.717, 1.165) is 12.0 Å². The smallest absolute Gasteiger partial charge is 0.329 e. The van der Waals surface area contributed by atoms with Crippen LogP contribution in [0.1, 0.15) is 126 Å². The molecule has 3 fully saturated rings. The monoisotopic (exact) mass is 958 g/mol. The first kappa shape index (κ1) is 57.2. The molecule has 0 aromatic carbocycles. The van der Waals surface area contributed by atoms with Crippen LogP contribution in [-0.4, -0.2) is 145 Å². The fourth-order valence-corrected chi connectivity index (χ4v) is 10.3. The molecule has 0 spiro atoms. The number of hydrogen-bond donors (Lipinski definition) is 3. The predicted octanol–water partition coefficient (Wildman–Crippen LogP) is 6.20. The summed E-state index contributed by atoms with van der Waals surface area (Å²) in [5.74, 6) is -8.09. The summed E-state index contributed by atoms with van der Waals surface area (Å²) in [7, 11) is 4.52. The normalized spacial score (nSPS) is 36.7. The van der Waals surface area contributed by atoms with Gasteiger partial charge < -0.3 is 48.6 Å². The van der Waals surface area contributed by atoms with Crippen molar-refractivity contribution in [2.24, 2.45) is 35.5 Å². The summed E-state index contributed by atoms with van der Waals surface area (Å²) < 4.78 is 35.1. The van der Waals surface area contributed by atoms with Gasteiger partial charge in [0.05, 0.1) is 37.6 Å². The van der Waals surface area contributed by atoms with Crippen molar-refractivity contribution in [3.63, 3.8) is 0 Å². The molecule has 3 heterocycles. The highest BCUT2D eigenvalue weighted by Crippen LogP contribution is 2.38. The molecule has 15 nitrogen and oxygen atoms in total. The SMILES string of the molecule is COCCO[C@@H]1C[C@@H]2CC[C@@H](C)[C@@](O)(O2)C(=O)C(=O)N2CCCC[C@H]2C(=O)O[C@H]([C@H](C)C[C@@H]2CC[C@@H](O)[C@H](OC)C2)CC(=O)[C@H](C)C=C(C)[C@@H](O)[C@@H](OC)C(=O)[C@H](C)C[C@H](C)C=CC=CC=C1C. The maximum Gasteiger partial charge on any atom is 0.329 e. The number of carbonyl (C=O) groups excluding carboxylic acids is 5. The molecule has 384 valence electrons. The van der Waals surface area contributed by atoms with Gasteiger partial charge in [-0.15, -0.1) is 0 Å². The topological polar surface area (TPSA) is 205 Å². The second kappa shape index (κ2) is 27.3. The van der Waals surface area contributed by atoms with Gasteiger partial charge in [0.25, 0.3) is 11.7 Å². The molecule has 68 heavy (non-hydrogen) atoms. The van der Waals surface area contributed by atoms with Crippen molar-refractivity contribution in [3.05, 3.63) is 47.6 Å². The van der Waals surface area contributed by atoms with Gasteiger partial charge in [-0.2, -0.15) is 0 Å². The Balaban J connectivity index is 1.72. The Bertz CT molecular complexity index is 1810. The Morgan fingerprint density at radius 2 is 1.59 bits per heavy atom. The third-order valence-electron chi connectivity index (χ3n) is 14.8. The van der Waals surface area contributed by atoms with E-state index in [2.05, 4.69) is 0 Å². The quantitative estimate of drug-likeness (QED) is 0.102. The van der Waals surface area contributed by atoms with Gasteiger partial charge in [-0.25, -0.2) is 4.79 Å². The minimum absolute atomic E-state index is 0.00394. The first-order chi connectivity index (χ1) is 32.2. The van der Waals surface area contributed by atoms with Crippen LogP contribution in [0.5, 0.6) is 0 Å². The van der Waals surface area contributed by atoms with Gasteiger partial charge >= 0.3 is 5.97 Å². The summed E-state index contributed by atoms with van der Waals surface area (Å²) in [5.41, 5.74) is 1.24. The molecule has 0 radical (unpaired) electrons. The summed E-state index contributed by atoms with van der Waals surface area (Å²) in [6.07, 6.45) is 10.9. The van der Waals surface area contributed by atoms with Crippen molar-refractivity contribution in [2.75, 3.05) is 41.1 Å². The van der Waals surface area contributed by atoms with E-state index in [1.165, 1.54) is 12.0 Å². The summed E-state index contributed by atoms with van der Waals surface area (Å²) in [4.78, 5) is 72.2. The number of hydrogen-bond acceptors (Lipinski definition) is 14. The number of rotatable bonds is 9. The number of Topliss-reactive ketones (excluding diaryl/α,β-unsaturated/α-hetero) is 3. The first-order valence-electron chi connectivity index (χ1n) is 25.0. The number of amides is 1. The van der Waals surface area contributed by atoms with Gasteiger partial charge in [-0.3, -0.25) is 19.2 Å². The van der Waals surface area contributed by atoms with E-state index < -0.39 is 83.9 Å². The Morgan fingerprint density at radius 3 is 2.28 bits per heavy atom. The van der Waals surface area contributed by atoms with Crippen LogP contribution < -0.4 is 0 Å². The van der Waals surface area contributed by atoms with Crippen LogP contribution in [0.15, 0.2) is 47.6 Å². The third kappa shape index (κ3) is 15.5. The fourth-order valence-electron chi connectivity index (χ4n) is 10.3. The highest BCUT2D eigenvalue weighted by Gasteiger charge is 2.53. The number of cyclic esters (lactones) is 1. The average Bonchev–Trinajstić information content (AvgIpc) is 3.31. The fraction of sp³-hybridized carbons (Fsp3) is 0.755. The lowest BCUT2D eigenvalue weighted by Gasteiger charge is -2.43. The molecule has 1 saturated carbocycles. The molecule has 1 aliphatic carbocycles. The maximum atomic E-state index is 14.4. The Morgan fingerprint density at radius 1 is 0.853 bits per heavy atom. The van der Waals surface area contributed by atoms with Crippen LogP contribution in [0.2, 0.25) is 0 Å². The summed E-state index contributed by atoms with van der Waals surface area (Å²) in [6.45, 7) is 13.4. The molecule has 1 amide bonds. The number of nitrogens with zero attached hydrogens (tertiary/aromatic N) is 1. The number of aliphatic hydroxyl groups is 3. The second-order valence-electron chi connectivity index (χ2n) is 20.2. The number of aliphatic hydroxyl groups excluding tert-OH is 2. The number of methoxy groups -OCH3 is 3. The summed E-state index contributed by atoms with van der Waals surface area (Å²) in [5, 5.41) is 34.0. The third-order valence-corrected chi connectivity index (χ3v) is 14.8. The molecule has 0 aromatic rings. The molecule has 2 bridgehead atoms. The van der Waals surface area contributed by atoms with Gasteiger partial charge in [-0.1, -0.05) is 71.1 Å². The molecular formula is C53H83NO14. The molecule has 4 rings (SSSR count). The average molecular weight is 958 g/mol. The minimum Gasteiger partial charge on any atom is -0.460 e. The van der Waals surface area contributed by atoms with Crippen molar-refractivity contribution in [3.8, 4) is 0 Å². The summed E-state index contributed by atoms with van der Waals surface area (Å²) >= 11 is 0. The first-order valence-corrected chi connectivity index (χ1v) is 25.0. The maximum absolute atomic E-state index is 14.4. The highest BCUT2D eigenvalue weighted by atomic mass is 16.6. The molecular weight excluding hydrogens is 875 g/mol. The lowest BCUT2D eigenvalue weighted by molar-refractivity contribution is -0.266. The van der Waals surface area contributed by atoms with Crippen LogP contribution in [-0.2, 0) is 52.4 Å². The Labute approximate surface area is 405 Å². The van der Waals surface area contributed by atoms with Gasteiger partial charge in [0.1, 0.15) is 30.1 Å². The summed E-state index contributed by atoms with van der Waals surface area (Å²) in [6, 6.07) is -1.15. The van der Waals surface area contributed by atoms with E-state index in [9.17, 15) is 39.3 Å². The number of allylic oxidation sites excluding steroid dienone is 6.